The molecule has 10 heteroatoms. The number of amides is 1. The van der Waals surface area contributed by atoms with E-state index in [1.807, 2.05) is 0 Å². The lowest BCUT2D eigenvalue weighted by atomic mass is 10.1. The summed E-state index contributed by atoms with van der Waals surface area (Å²) in [5.74, 6) is -2.92. The fourth-order valence-corrected chi connectivity index (χ4v) is 3.39. The summed E-state index contributed by atoms with van der Waals surface area (Å²) in [4.78, 5) is 24.1. The van der Waals surface area contributed by atoms with Crippen molar-refractivity contribution in [1.82, 2.24) is 4.90 Å². The van der Waals surface area contributed by atoms with Gasteiger partial charge in [-0.25, -0.2) is 4.39 Å². The summed E-state index contributed by atoms with van der Waals surface area (Å²) in [7, 11) is 0. The highest BCUT2D eigenvalue weighted by molar-refractivity contribution is 8.26. The summed E-state index contributed by atoms with van der Waals surface area (Å²) in [6.07, 6.45) is -3.58. The maximum Gasteiger partial charge on any atom is 0.419 e. The molecule has 1 aromatic carbocycles. The Morgan fingerprint density at radius 2 is 2.04 bits per heavy atom. The largest absolute Gasteiger partial charge is 0.481 e. The third-order valence-corrected chi connectivity index (χ3v) is 4.62. The van der Waals surface area contributed by atoms with Crippen LogP contribution in [0.15, 0.2) is 23.1 Å². The van der Waals surface area contributed by atoms with Crippen LogP contribution in [0.25, 0.3) is 6.08 Å². The van der Waals surface area contributed by atoms with Crippen LogP contribution in [0.4, 0.5) is 17.6 Å². The zero-order valence-corrected chi connectivity index (χ0v) is 14.1. The molecule has 2 rings (SSSR count). The molecule has 1 aliphatic rings. The van der Waals surface area contributed by atoms with E-state index in [-0.39, 0.29) is 34.2 Å². The Kier molecular flexibility index (Phi) is 5.83. The van der Waals surface area contributed by atoms with Crippen LogP contribution in [-0.2, 0) is 15.8 Å². The fourth-order valence-electron chi connectivity index (χ4n) is 2.08. The number of thioether (sulfide) groups is 1. The Bertz CT molecular complexity index is 762. The Balaban J connectivity index is 2.20. The first kappa shape index (κ1) is 19.4. The van der Waals surface area contributed by atoms with Gasteiger partial charge in [-0.1, -0.05) is 30.0 Å². The molecule has 0 spiro atoms. The van der Waals surface area contributed by atoms with Crippen LogP contribution in [-0.4, -0.2) is 32.7 Å². The SMILES string of the molecule is O=C(O)CCCN1C(=O)/C(=C/c2ccc(F)c(C(F)(F)F)c2)SC1=S. The minimum absolute atomic E-state index is 0.0137. The number of carbonyl (C=O) groups is 2. The van der Waals surface area contributed by atoms with Crippen LogP contribution < -0.4 is 0 Å². The first-order chi connectivity index (χ1) is 11.6. The van der Waals surface area contributed by atoms with Gasteiger partial charge in [0.25, 0.3) is 5.91 Å². The maximum atomic E-state index is 13.3. The van der Waals surface area contributed by atoms with Gasteiger partial charge >= 0.3 is 12.1 Å². The number of halogens is 4. The standard InChI is InChI=1S/C15H11F4NO3S2/c16-10-4-3-8(6-9(10)15(17,18)19)7-11-13(23)20(14(24)25-11)5-1-2-12(21)22/h3-4,6-7H,1-2,5H2,(H,21,22)/b11-7-. The van der Waals surface area contributed by atoms with Crippen molar-refractivity contribution in [3.8, 4) is 0 Å². The lowest BCUT2D eigenvalue weighted by Gasteiger charge is -2.13. The van der Waals surface area contributed by atoms with Gasteiger partial charge in [-0.15, -0.1) is 0 Å². The van der Waals surface area contributed by atoms with Crippen LogP contribution in [0.3, 0.4) is 0 Å². The highest BCUT2D eigenvalue weighted by Crippen LogP contribution is 2.35. The van der Waals surface area contributed by atoms with Crippen molar-refractivity contribution in [2.24, 2.45) is 0 Å². The first-order valence-electron chi connectivity index (χ1n) is 6.93. The second-order valence-corrected chi connectivity index (χ2v) is 6.74. The predicted octanol–water partition coefficient (Wildman–Crippen LogP) is 3.91. The Morgan fingerprint density at radius 3 is 2.64 bits per heavy atom. The number of hydrogen-bond acceptors (Lipinski definition) is 4. The highest BCUT2D eigenvalue weighted by atomic mass is 32.2. The molecule has 25 heavy (non-hydrogen) atoms. The number of benzene rings is 1. The van der Waals surface area contributed by atoms with Crippen LogP contribution in [0.2, 0.25) is 0 Å². The number of alkyl halides is 3. The molecule has 0 radical (unpaired) electrons. The predicted molar refractivity (Wildman–Crippen MR) is 88.2 cm³/mol. The molecule has 0 aromatic heterocycles. The minimum atomic E-state index is -4.84. The van der Waals surface area contributed by atoms with Gasteiger partial charge in [0.2, 0.25) is 0 Å². The van der Waals surface area contributed by atoms with Crippen molar-refractivity contribution in [2.45, 2.75) is 19.0 Å². The van der Waals surface area contributed by atoms with Crippen LogP contribution >= 0.6 is 24.0 Å². The van der Waals surface area contributed by atoms with Gasteiger partial charge in [0.1, 0.15) is 10.1 Å². The molecular formula is C15H11F4NO3S2. The fraction of sp³-hybridized carbons (Fsp3) is 0.267. The lowest BCUT2D eigenvalue weighted by Crippen LogP contribution is -2.29. The molecule has 1 saturated heterocycles. The molecule has 1 aromatic rings. The average Bonchev–Trinajstić information content (AvgIpc) is 2.75. The van der Waals surface area contributed by atoms with E-state index in [9.17, 15) is 27.2 Å². The number of thiocarbonyl (C=S) groups is 1. The molecule has 1 N–H and O–H groups in total. The second-order valence-electron chi connectivity index (χ2n) is 5.07. The van der Waals surface area contributed by atoms with Gasteiger partial charge in [-0.3, -0.25) is 14.5 Å². The number of carboxylic acids is 1. The van der Waals surface area contributed by atoms with Gasteiger partial charge < -0.3 is 5.11 Å². The Morgan fingerprint density at radius 1 is 1.36 bits per heavy atom. The zero-order chi connectivity index (χ0) is 18.8. The minimum Gasteiger partial charge on any atom is -0.481 e. The van der Waals surface area contributed by atoms with Crippen molar-refractivity contribution in [2.75, 3.05) is 6.54 Å². The van der Waals surface area contributed by atoms with E-state index in [0.29, 0.717) is 12.1 Å². The van der Waals surface area contributed by atoms with E-state index in [1.54, 1.807) is 0 Å². The molecule has 134 valence electrons. The van der Waals surface area contributed by atoms with Crippen molar-refractivity contribution in [3.63, 3.8) is 0 Å². The summed E-state index contributed by atoms with van der Waals surface area (Å²) in [5.41, 5.74) is -1.40. The molecule has 0 aliphatic carbocycles. The van der Waals surface area contributed by atoms with E-state index in [4.69, 9.17) is 17.3 Å². The molecule has 1 aliphatic heterocycles. The topological polar surface area (TPSA) is 57.6 Å². The van der Waals surface area contributed by atoms with Crippen LogP contribution in [0.5, 0.6) is 0 Å². The van der Waals surface area contributed by atoms with Crippen molar-refractivity contribution in [1.29, 1.82) is 0 Å². The normalized spacial score (nSPS) is 16.8. The Labute approximate surface area is 149 Å². The quantitative estimate of drug-likeness (QED) is 0.467. The highest BCUT2D eigenvalue weighted by Gasteiger charge is 2.35. The van der Waals surface area contributed by atoms with Gasteiger partial charge in [0.05, 0.1) is 10.5 Å². The van der Waals surface area contributed by atoms with E-state index in [0.717, 1.165) is 17.8 Å². The lowest BCUT2D eigenvalue weighted by molar-refractivity contribution is -0.140. The zero-order valence-electron chi connectivity index (χ0n) is 12.5. The maximum absolute atomic E-state index is 13.3. The van der Waals surface area contributed by atoms with E-state index in [2.05, 4.69) is 0 Å². The molecule has 4 nitrogen and oxygen atoms in total. The number of rotatable bonds is 5. The summed E-state index contributed by atoms with van der Waals surface area (Å²) in [6, 6.07) is 2.43. The molecule has 0 unspecified atom stereocenters. The van der Waals surface area contributed by atoms with Crippen molar-refractivity contribution >= 4 is 46.3 Å². The number of aliphatic carboxylic acids is 1. The van der Waals surface area contributed by atoms with Crippen molar-refractivity contribution in [3.05, 3.63) is 40.0 Å². The molecule has 1 heterocycles. The number of hydrogen-bond donors (Lipinski definition) is 1. The van der Waals surface area contributed by atoms with Gasteiger partial charge in [-0.2, -0.15) is 13.2 Å². The first-order valence-corrected chi connectivity index (χ1v) is 8.16. The van der Waals surface area contributed by atoms with E-state index < -0.39 is 29.4 Å². The third kappa shape index (κ3) is 4.79. The molecular weight excluding hydrogens is 382 g/mol. The average molecular weight is 393 g/mol. The van der Waals surface area contributed by atoms with E-state index >= 15 is 0 Å². The smallest absolute Gasteiger partial charge is 0.419 e. The summed E-state index contributed by atoms with van der Waals surface area (Å²) in [6.45, 7) is 0.103. The van der Waals surface area contributed by atoms with Crippen LogP contribution in [0, 0.1) is 5.82 Å². The van der Waals surface area contributed by atoms with E-state index in [1.165, 1.54) is 11.0 Å². The summed E-state index contributed by atoms with van der Waals surface area (Å²) < 4.78 is 51.7. The number of carbonyl (C=O) groups excluding carboxylic acids is 1. The molecule has 1 fully saturated rings. The molecule has 1 amide bonds. The van der Waals surface area contributed by atoms with Gasteiger partial charge in [-0.05, 0) is 30.2 Å². The summed E-state index contributed by atoms with van der Waals surface area (Å²) in [5, 5.41) is 8.60. The Hall–Kier alpha value is -1.94. The molecule has 0 bridgehead atoms. The van der Waals surface area contributed by atoms with Crippen molar-refractivity contribution < 1.29 is 32.3 Å². The third-order valence-electron chi connectivity index (χ3n) is 3.24. The monoisotopic (exact) mass is 393 g/mol. The molecule has 0 atom stereocenters. The number of carboxylic acid groups (broad SMARTS) is 1. The van der Waals surface area contributed by atoms with Crippen LogP contribution in [0.1, 0.15) is 24.0 Å². The second kappa shape index (κ2) is 7.52. The van der Waals surface area contributed by atoms with Gasteiger partial charge in [0, 0.05) is 13.0 Å². The molecule has 0 saturated carbocycles. The summed E-state index contributed by atoms with van der Waals surface area (Å²) >= 11 is 5.93. The number of nitrogens with zero attached hydrogens (tertiary/aromatic N) is 1. The van der Waals surface area contributed by atoms with Gasteiger partial charge in [0.15, 0.2) is 0 Å².